The standard InChI is InChI=1S/C31H30ClN3O3/c1-22-21-30(35(23(2)36)26-13-11-25(32)12-14-26)28-7-3-4-8-29(28)34(22)31(37)24-9-15-27(16-10-24)38-20-19-33-17-5-6-18-33/h3-18,22,30H,19-21H2,1-2H3. The Labute approximate surface area is 228 Å². The van der Waals surface area contributed by atoms with Crippen LogP contribution in [-0.2, 0) is 11.3 Å². The number of anilines is 2. The highest BCUT2D eigenvalue weighted by Crippen LogP contribution is 2.43. The van der Waals surface area contributed by atoms with Crippen molar-refractivity contribution in [3.63, 3.8) is 0 Å². The zero-order chi connectivity index (χ0) is 26.6. The minimum atomic E-state index is -0.208. The first-order valence-electron chi connectivity index (χ1n) is 12.7. The van der Waals surface area contributed by atoms with Crippen LogP contribution in [0.25, 0.3) is 0 Å². The molecule has 2 amide bonds. The number of aromatic nitrogens is 1. The number of ether oxygens (including phenoxy) is 1. The van der Waals surface area contributed by atoms with Gasteiger partial charge >= 0.3 is 0 Å². The van der Waals surface area contributed by atoms with E-state index in [1.165, 1.54) is 0 Å². The fourth-order valence-electron chi connectivity index (χ4n) is 5.14. The van der Waals surface area contributed by atoms with E-state index in [-0.39, 0.29) is 23.9 Å². The Morgan fingerprint density at radius 1 is 0.947 bits per heavy atom. The first-order chi connectivity index (χ1) is 18.4. The summed E-state index contributed by atoms with van der Waals surface area (Å²) in [5, 5.41) is 0.615. The number of hydrogen-bond donors (Lipinski definition) is 0. The van der Waals surface area contributed by atoms with Gasteiger partial charge in [-0.1, -0.05) is 29.8 Å². The predicted molar refractivity (Wildman–Crippen MR) is 151 cm³/mol. The zero-order valence-electron chi connectivity index (χ0n) is 21.5. The van der Waals surface area contributed by atoms with Crippen molar-refractivity contribution in [2.45, 2.75) is 38.9 Å². The van der Waals surface area contributed by atoms with Gasteiger partial charge in [0, 0.05) is 47.3 Å². The number of fused-ring (bicyclic) bond motifs is 1. The maximum atomic E-state index is 13.8. The summed E-state index contributed by atoms with van der Waals surface area (Å²) in [6, 6.07) is 26.0. The highest BCUT2D eigenvalue weighted by Gasteiger charge is 2.38. The molecule has 194 valence electrons. The lowest BCUT2D eigenvalue weighted by Crippen LogP contribution is -2.47. The van der Waals surface area contributed by atoms with Crippen molar-refractivity contribution in [3.8, 4) is 5.75 Å². The fourth-order valence-corrected chi connectivity index (χ4v) is 5.27. The first-order valence-corrected chi connectivity index (χ1v) is 13.1. The van der Waals surface area contributed by atoms with E-state index >= 15 is 0 Å². The molecule has 4 aromatic rings. The lowest BCUT2D eigenvalue weighted by Gasteiger charge is -2.43. The molecule has 6 nitrogen and oxygen atoms in total. The van der Waals surface area contributed by atoms with Crippen molar-refractivity contribution in [2.75, 3.05) is 16.4 Å². The summed E-state index contributed by atoms with van der Waals surface area (Å²) in [4.78, 5) is 30.3. The van der Waals surface area contributed by atoms with Gasteiger partial charge in [0.05, 0.1) is 12.6 Å². The molecule has 0 aliphatic carbocycles. The quantitative estimate of drug-likeness (QED) is 0.267. The van der Waals surface area contributed by atoms with E-state index in [0.717, 1.165) is 29.2 Å². The van der Waals surface area contributed by atoms with Crippen molar-refractivity contribution in [1.82, 2.24) is 4.57 Å². The lowest BCUT2D eigenvalue weighted by atomic mass is 9.89. The Morgan fingerprint density at radius 3 is 2.32 bits per heavy atom. The molecule has 1 aliphatic rings. The molecule has 0 N–H and O–H groups in total. The van der Waals surface area contributed by atoms with Crippen LogP contribution >= 0.6 is 11.6 Å². The molecular weight excluding hydrogens is 498 g/mol. The monoisotopic (exact) mass is 527 g/mol. The van der Waals surface area contributed by atoms with E-state index in [9.17, 15) is 9.59 Å². The molecule has 0 saturated heterocycles. The predicted octanol–water partition coefficient (Wildman–Crippen LogP) is 6.75. The molecule has 2 heterocycles. The molecule has 3 aromatic carbocycles. The Balaban J connectivity index is 1.37. The molecule has 2 atom stereocenters. The second-order valence-corrected chi connectivity index (χ2v) is 9.93. The summed E-state index contributed by atoms with van der Waals surface area (Å²) in [6.07, 6.45) is 4.60. The van der Waals surface area contributed by atoms with Gasteiger partial charge in [-0.25, -0.2) is 0 Å². The molecular formula is C31H30ClN3O3. The minimum Gasteiger partial charge on any atom is -0.492 e. The van der Waals surface area contributed by atoms with Crippen LogP contribution in [0.4, 0.5) is 11.4 Å². The Bertz CT molecular complexity index is 1400. The van der Waals surface area contributed by atoms with Crippen LogP contribution in [-0.4, -0.2) is 29.0 Å². The molecule has 0 spiro atoms. The average Bonchev–Trinajstić information content (AvgIpc) is 3.43. The summed E-state index contributed by atoms with van der Waals surface area (Å²) < 4.78 is 7.91. The molecule has 1 aliphatic heterocycles. The van der Waals surface area contributed by atoms with Crippen molar-refractivity contribution in [2.24, 2.45) is 0 Å². The van der Waals surface area contributed by atoms with Crippen LogP contribution < -0.4 is 14.5 Å². The van der Waals surface area contributed by atoms with Crippen LogP contribution in [0.5, 0.6) is 5.75 Å². The third-order valence-electron chi connectivity index (χ3n) is 6.92. The molecule has 2 unspecified atom stereocenters. The third kappa shape index (κ3) is 5.31. The van der Waals surface area contributed by atoms with E-state index in [4.69, 9.17) is 16.3 Å². The van der Waals surface area contributed by atoms with E-state index in [2.05, 4.69) is 4.57 Å². The number of carbonyl (C=O) groups excluding carboxylic acids is 2. The smallest absolute Gasteiger partial charge is 0.258 e. The second-order valence-electron chi connectivity index (χ2n) is 9.49. The van der Waals surface area contributed by atoms with Crippen molar-refractivity contribution >= 4 is 34.8 Å². The Morgan fingerprint density at radius 2 is 1.63 bits per heavy atom. The number of halogens is 1. The highest BCUT2D eigenvalue weighted by molar-refractivity contribution is 6.30. The first kappa shape index (κ1) is 25.6. The van der Waals surface area contributed by atoms with Crippen LogP contribution in [0, 0.1) is 0 Å². The minimum absolute atomic E-state index is 0.0635. The van der Waals surface area contributed by atoms with Crippen LogP contribution in [0.2, 0.25) is 5.02 Å². The molecule has 1 aromatic heterocycles. The van der Waals surface area contributed by atoms with Gasteiger partial charge in [0.15, 0.2) is 0 Å². The molecule has 0 radical (unpaired) electrons. The number of para-hydroxylation sites is 1. The van der Waals surface area contributed by atoms with Gasteiger partial charge in [-0.3, -0.25) is 9.59 Å². The number of amides is 2. The summed E-state index contributed by atoms with van der Waals surface area (Å²) in [7, 11) is 0. The molecule has 0 bridgehead atoms. The molecule has 0 fully saturated rings. The average molecular weight is 528 g/mol. The van der Waals surface area contributed by atoms with Gasteiger partial charge in [-0.15, -0.1) is 0 Å². The molecule has 0 saturated carbocycles. The largest absolute Gasteiger partial charge is 0.492 e. The molecule has 38 heavy (non-hydrogen) atoms. The number of carbonyl (C=O) groups is 2. The van der Waals surface area contributed by atoms with E-state index in [1.54, 1.807) is 24.0 Å². The van der Waals surface area contributed by atoms with Gasteiger partial charge in [0.2, 0.25) is 5.91 Å². The van der Waals surface area contributed by atoms with Gasteiger partial charge in [0.1, 0.15) is 12.4 Å². The maximum absolute atomic E-state index is 13.8. The van der Waals surface area contributed by atoms with E-state index in [1.807, 2.05) is 97.0 Å². The summed E-state index contributed by atoms with van der Waals surface area (Å²) in [6.45, 7) is 4.89. The Hall–Kier alpha value is -4.03. The topological polar surface area (TPSA) is 54.8 Å². The van der Waals surface area contributed by atoms with Crippen molar-refractivity contribution in [3.05, 3.63) is 113 Å². The van der Waals surface area contributed by atoms with Gasteiger partial charge in [0.25, 0.3) is 5.91 Å². The lowest BCUT2D eigenvalue weighted by molar-refractivity contribution is -0.117. The summed E-state index contributed by atoms with van der Waals surface area (Å²) in [5.41, 5.74) is 3.12. The number of hydrogen-bond acceptors (Lipinski definition) is 3. The number of nitrogens with zero attached hydrogens (tertiary/aromatic N) is 3. The normalized spacial score (nSPS) is 16.6. The van der Waals surface area contributed by atoms with E-state index < -0.39 is 0 Å². The summed E-state index contributed by atoms with van der Waals surface area (Å²) in [5.74, 6) is 0.579. The maximum Gasteiger partial charge on any atom is 0.258 e. The van der Waals surface area contributed by atoms with Crippen LogP contribution in [0.1, 0.15) is 42.2 Å². The third-order valence-corrected chi connectivity index (χ3v) is 7.17. The SMILES string of the molecule is CC(=O)N(c1ccc(Cl)cc1)C1CC(C)N(C(=O)c2ccc(OCCn3cccc3)cc2)c2ccccc21. The zero-order valence-corrected chi connectivity index (χ0v) is 22.2. The van der Waals surface area contributed by atoms with Crippen molar-refractivity contribution in [1.29, 1.82) is 0 Å². The van der Waals surface area contributed by atoms with Crippen molar-refractivity contribution < 1.29 is 14.3 Å². The van der Waals surface area contributed by atoms with Crippen LogP contribution in [0.3, 0.4) is 0 Å². The van der Waals surface area contributed by atoms with Gasteiger partial charge in [-0.2, -0.15) is 0 Å². The van der Waals surface area contributed by atoms with Gasteiger partial charge in [-0.05, 0) is 85.6 Å². The number of rotatable bonds is 7. The summed E-state index contributed by atoms with van der Waals surface area (Å²) >= 11 is 6.10. The highest BCUT2D eigenvalue weighted by atomic mass is 35.5. The molecule has 5 rings (SSSR count). The van der Waals surface area contributed by atoms with E-state index in [0.29, 0.717) is 23.6 Å². The second kappa shape index (κ2) is 11.2. The Kier molecular flexibility index (Phi) is 7.52. The molecule has 7 heteroatoms. The number of benzene rings is 3. The van der Waals surface area contributed by atoms with Crippen LogP contribution in [0.15, 0.2) is 97.3 Å². The fraction of sp³-hybridized carbons (Fsp3) is 0.226. The van der Waals surface area contributed by atoms with Gasteiger partial charge < -0.3 is 19.1 Å².